The van der Waals surface area contributed by atoms with E-state index in [9.17, 15) is 5.11 Å². The van der Waals surface area contributed by atoms with Gasteiger partial charge < -0.3 is 9.84 Å². The smallest absolute Gasteiger partial charge is 0.0698 e. The van der Waals surface area contributed by atoms with E-state index in [0.29, 0.717) is 12.0 Å². The van der Waals surface area contributed by atoms with Crippen LogP contribution in [0.2, 0.25) is 0 Å². The van der Waals surface area contributed by atoms with E-state index < -0.39 is 0 Å². The number of likely N-dealkylation sites (tertiary alicyclic amines) is 1. The van der Waals surface area contributed by atoms with Crippen LogP contribution in [0.3, 0.4) is 0 Å². The molecular weight excluding hydrogens is 304 g/mol. The summed E-state index contributed by atoms with van der Waals surface area (Å²) >= 11 is 0. The molecule has 1 aromatic heterocycles. The van der Waals surface area contributed by atoms with Gasteiger partial charge in [-0.15, -0.1) is 0 Å². The highest BCUT2D eigenvalue weighted by molar-refractivity contribution is 5.09. The van der Waals surface area contributed by atoms with Crippen molar-refractivity contribution < 1.29 is 9.84 Å². The molecule has 1 saturated carbocycles. The largest absolute Gasteiger partial charge is 0.391 e. The third-order valence-electron chi connectivity index (χ3n) is 6.18. The van der Waals surface area contributed by atoms with E-state index in [1.54, 1.807) is 0 Å². The van der Waals surface area contributed by atoms with Gasteiger partial charge in [0.2, 0.25) is 0 Å². The fourth-order valence-corrected chi connectivity index (χ4v) is 4.98. The third kappa shape index (κ3) is 3.25. The summed E-state index contributed by atoms with van der Waals surface area (Å²) in [5.41, 5.74) is 2.38. The number of aliphatic hydroxyl groups excluding tert-OH is 1. The zero-order valence-electron chi connectivity index (χ0n) is 14.9. The Kier molecular flexibility index (Phi) is 4.64. The Hall–Kier alpha value is -0.950. The van der Waals surface area contributed by atoms with E-state index in [2.05, 4.69) is 27.9 Å². The molecule has 4 rings (SSSR count). The maximum Gasteiger partial charge on any atom is 0.0698 e. The van der Waals surface area contributed by atoms with Gasteiger partial charge >= 0.3 is 0 Å². The lowest BCUT2D eigenvalue weighted by atomic mass is 9.77. The van der Waals surface area contributed by atoms with Crippen molar-refractivity contribution >= 4 is 0 Å². The van der Waals surface area contributed by atoms with Crippen molar-refractivity contribution in [3.63, 3.8) is 0 Å². The van der Waals surface area contributed by atoms with E-state index in [1.165, 1.54) is 5.69 Å². The minimum absolute atomic E-state index is 0.178. The molecule has 3 heterocycles. The van der Waals surface area contributed by atoms with Crippen LogP contribution in [0.1, 0.15) is 24.2 Å². The van der Waals surface area contributed by atoms with E-state index in [0.717, 1.165) is 70.4 Å². The number of ether oxygens (including phenoxy) is 1. The molecular formula is C18H30N4O2. The number of hydrogen-bond donors (Lipinski definition) is 1. The molecule has 2 saturated heterocycles. The normalized spacial score (nSPS) is 35.3. The average Bonchev–Trinajstić information content (AvgIpc) is 3.09. The molecule has 3 fully saturated rings. The van der Waals surface area contributed by atoms with Gasteiger partial charge in [-0.1, -0.05) is 0 Å². The van der Waals surface area contributed by atoms with Crippen LogP contribution in [0.15, 0.2) is 6.07 Å². The molecule has 6 nitrogen and oxygen atoms in total. The molecule has 134 valence electrons. The molecule has 0 bridgehead atoms. The van der Waals surface area contributed by atoms with Crippen LogP contribution in [0, 0.1) is 18.8 Å². The van der Waals surface area contributed by atoms with Crippen molar-refractivity contribution in [3.8, 4) is 0 Å². The van der Waals surface area contributed by atoms with Gasteiger partial charge in [0.1, 0.15) is 0 Å². The minimum atomic E-state index is -0.178. The van der Waals surface area contributed by atoms with Crippen molar-refractivity contribution in [2.45, 2.75) is 38.5 Å². The Morgan fingerprint density at radius 2 is 1.92 bits per heavy atom. The molecule has 0 unspecified atom stereocenters. The van der Waals surface area contributed by atoms with Crippen LogP contribution >= 0.6 is 0 Å². The second kappa shape index (κ2) is 6.75. The number of fused-ring (bicyclic) bond motifs is 1. The van der Waals surface area contributed by atoms with Gasteiger partial charge in [0, 0.05) is 45.8 Å². The summed E-state index contributed by atoms with van der Waals surface area (Å²) < 4.78 is 7.47. The number of hydrogen-bond acceptors (Lipinski definition) is 5. The molecule has 1 aromatic rings. The summed E-state index contributed by atoms with van der Waals surface area (Å²) in [5.74, 6) is 1.36. The first-order valence-corrected chi connectivity index (χ1v) is 9.32. The molecule has 0 spiro atoms. The average molecular weight is 334 g/mol. The Bertz CT molecular complexity index is 569. The van der Waals surface area contributed by atoms with Crippen molar-refractivity contribution in [2.24, 2.45) is 18.9 Å². The zero-order chi connectivity index (χ0) is 16.7. The predicted molar refractivity (Wildman–Crippen MR) is 91.6 cm³/mol. The number of morpholine rings is 1. The summed E-state index contributed by atoms with van der Waals surface area (Å²) in [6.07, 6.45) is 1.91. The van der Waals surface area contributed by atoms with Crippen molar-refractivity contribution in [3.05, 3.63) is 17.5 Å². The van der Waals surface area contributed by atoms with Gasteiger partial charge in [-0.05, 0) is 37.7 Å². The first-order valence-electron chi connectivity index (χ1n) is 9.32. The second-order valence-electron chi connectivity index (χ2n) is 7.87. The van der Waals surface area contributed by atoms with Crippen molar-refractivity contribution in [2.75, 3.05) is 39.4 Å². The number of rotatable bonds is 3. The van der Waals surface area contributed by atoms with Crippen molar-refractivity contribution in [1.29, 1.82) is 0 Å². The maximum absolute atomic E-state index is 10.7. The summed E-state index contributed by atoms with van der Waals surface area (Å²) in [5, 5.41) is 15.1. The summed E-state index contributed by atoms with van der Waals surface area (Å²) in [7, 11) is 2.03. The lowest BCUT2D eigenvalue weighted by Crippen LogP contribution is -2.53. The summed E-state index contributed by atoms with van der Waals surface area (Å²) in [4.78, 5) is 5.01. The molecule has 4 atom stereocenters. The Morgan fingerprint density at radius 3 is 2.58 bits per heavy atom. The topological polar surface area (TPSA) is 53.8 Å². The summed E-state index contributed by atoms with van der Waals surface area (Å²) in [6, 6.07) is 2.52. The SMILES string of the molecule is Cc1cc(CN2C[C@H]3C[C@@H](N4CCOCC4)[C@H](O)C[C@H]3C2)n(C)n1. The van der Waals surface area contributed by atoms with Crippen LogP contribution in [0.5, 0.6) is 0 Å². The van der Waals surface area contributed by atoms with Gasteiger partial charge in [-0.3, -0.25) is 14.5 Å². The van der Waals surface area contributed by atoms with E-state index in [-0.39, 0.29) is 6.10 Å². The number of nitrogens with zero attached hydrogens (tertiary/aromatic N) is 4. The van der Waals surface area contributed by atoms with Crippen molar-refractivity contribution in [1.82, 2.24) is 19.6 Å². The third-order valence-corrected chi connectivity index (χ3v) is 6.18. The Morgan fingerprint density at radius 1 is 1.21 bits per heavy atom. The van der Waals surface area contributed by atoms with Crippen LogP contribution in [-0.2, 0) is 18.3 Å². The van der Waals surface area contributed by atoms with Gasteiger partial charge in [0.25, 0.3) is 0 Å². The molecule has 6 heteroatoms. The molecule has 1 aliphatic carbocycles. The molecule has 24 heavy (non-hydrogen) atoms. The lowest BCUT2D eigenvalue weighted by molar-refractivity contribution is -0.0520. The molecule has 2 aliphatic heterocycles. The van der Waals surface area contributed by atoms with Gasteiger partial charge in [-0.25, -0.2) is 0 Å². The Labute approximate surface area is 144 Å². The number of aryl methyl sites for hydroxylation is 2. The monoisotopic (exact) mass is 334 g/mol. The Balaban J connectivity index is 1.39. The van der Waals surface area contributed by atoms with Gasteiger partial charge in [0.15, 0.2) is 0 Å². The second-order valence-corrected chi connectivity index (χ2v) is 7.87. The molecule has 3 aliphatic rings. The first-order chi connectivity index (χ1) is 11.6. The molecule has 0 aromatic carbocycles. The van der Waals surface area contributed by atoms with E-state index in [1.807, 2.05) is 11.7 Å². The summed E-state index contributed by atoms with van der Waals surface area (Å²) in [6.45, 7) is 8.85. The van der Waals surface area contributed by atoms with Crippen LogP contribution < -0.4 is 0 Å². The number of aliphatic hydroxyl groups is 1. The van der Waals surface area contributed by atoms with Crippen LogP contribution in [0.25, 0.3) is 0 Å². The first kappa shape index (κ1) is 16.5. The highest BCUT2D eigenvalue weighted by atomic mass is 16.5. The fraction of sp³-hybridized carbons (Fsp3) is 0.833. The highest BCUT2D eigenvalue weighted by Crippen LogP contribution is 2.38. The van der Waals surface area contributed by atoms with Gasteiger partial charge in [-0.2, -0.15) is 5.10 Å². The van der Waals surface area contributed by atoms with E-state index >= 15 is 0 Å². The zero-order valence-corrected chi connectivity index (χ0v) is 14.9. The van der Waals surface area contributed by atoms with Crippen LogP contribution in [-0.4, -0.2) is 76.2 Å². The molecule has 0 amide bonds. The minimum Gasteiger partial charge on any atom is -0.391 e. The van der Waals surface area contributed by atoms with E-state index in [4.69, 9.17) is 4.74 Å². The predicted octanol–water partition coefficient (Wildman–Crippen LogP) is 0.632. The molecule has 0 radical (unpaired) electrons. The number of aromatic nitrogens is 2. The van der Waals surface area contributed by atoms with Gasteiger partial charge in [0.05, 0.1) is 30.7 Å². The molecule has 1 N–H and O–H groups in total. The van der Waals surface area contributed by atoms with Crippen LogP contribution in [0.4, 0.5) is 0 Å². The quantitative estimate of drug-likeness (QED) is 0.879. The maximum atomic E-state index is 10.7. The highest BCUT2D eigenvalue weighted by Gasteiger charge is 2.43. The standard InChI is InChI=1S/C18H30N4O2/c1-13-7-16(20(2)19-13)12-21-10-14-8-17(18(23)9-15(14)11-21)22-3-5-24-6-4-22/h7,14-15,17-18,23H,3-6,8-12H2,1-2H3/t14-,15+,17-,18-/m1/s1. The lowest BCUT2D eigenvalue weighted by Gasteiger charge is -2.43. The fourth-order valence-electron chi connectivity index (χ4n) is 4.98.